The quantitative estimate of drug-likeness (QED) is 0.537. The van der Waals surface area contributed by atoms with Crippen molar-refractivity contribution in [2.45, 2.75) is 44.6 Å². The first-order valence-electron chi connectivity index (χ1n) is 9.89. The van der Waals surface area contributed by atoms with Gasteiger partial charge in [-0.25, -0.2) is 0 Å². The summed E-state index contributed by atoms with van der Waals surface area (Å²) in [6.45, 7) is 0. The molecule has 1 aliphatic rings. The predicted molar refractivity (Wildman–Crippen MR) is 110 cm³/mol. The third kappa shape index (κ3) is 5.10. The Labute approximate surface area is 166 Å². The Morgan fingerprint density at radius 2 is 1.46 bits per heavy atom. The van der Waals surface area contributed by atoms with Crippen molar-refractivity contribution in [2.75, 3.05) is 7.11 Å². The highest BCUT2D eigenvalue weighted by molar-refractivity contribution is 5.95. The smallest absolute Gasteiger partial charge is 0.315 e. The van der Waals surface area contributed by atoms with Crippen LogP contribution in [0, 0.1) is 0 Å². The molecule has 0 saturated heterocycles. The molecular weight excluding hydrogens is 350 g/mol. The highest BCUT2D eigenvalue weighted by atomic mass is 16.5. The zero-order chi connectivity index (χ0) is 19.8. The molecule has 3 rings (SSSR count). The van der Waals surface area contributed by atoms with Gasteiger partial charge in [-0.15, -0.1) is 0 Å². The number of benzene rings is 2. The SMILES string of the molecule is COC(=O)CC(=O)N(C=C(c1ccccc1)c1ccccc1)C1CCCCC1. The molecule has 0 aromatic heterocycles. The van der Waals surface area contributed by atoms with Crippen LogP contribution in [0.3, 0.4) is 0 Å². The Balaban J connectivity index is 2.02. The van der Waals surface area contributed by atoms with Crippen LogP contribution in [-0.2, 0) is 14.3 Å². The first-order chi connectivity index (χ1) is 13.7. The van der Waals surface area contributed by atoms with E-state index < -0.39 is 5.97 Å². The van der Waals surface area contributed by atoms with Crippen LogP contribution in [0.2, 0.25) is 0 Å². The maximum atomic E-state index is 13.0. The second-order valence-corrected chi connectivity index (χ2v) is 7.12. The topological polar surface area (TPSA) is 46.6 Å². The first kappa shape index (κ1) is 19.9. The van der Waals surface area contributed by atoms with Gasteiger partial charge in [0.1, 0.15) is 6.42 Å². The van der Waals surface area contributed by atoms with Crippen molar-refractivity contribution in [3.8, 4) is 0 Å². The normalized spacial score (nSPS) is 14.2. The highest BCUT2D eigenvalue weighted by Crippen LogP contribution is 2.28. The lowest BCUT2D eigenvalue weighted by Gasteiger charge is -2.32. The molecule has 2 aromatic carbocycles. The first-order valence-corrected chi connectivity index (χ1v) is 9.89. The number of hydrogen-bond donors (Lipinski definition) is 0. The van der Waals surface area contributed by atoms with E-state index in [2.05, 4.69) is 0 Å². The second kappa shape index (κ2) is 9.88. The van der Waals surface area contributed by atoms with Crippen LogP contribution in [0.15, 0.2) is 66.9 Å². The van der Waals surface area contributed by atoms with Gasteiger partial charge in [-0.3, -0.25) is 9.59 Å². The molecule has 1 amide bonds. The molecule has 146 valence electrons. The van der Waals surface area contributed by atoms with E-state index in [0.29, 0.717) is 0 Å². The van der Waals surface area contributed by atoms with Crippen molar-refractivity contribution in [3.63, 3.8) is 0 Å². The van der Waals surface area contributed by atoms with Gasteiger partial charge in [0.2, 0.25) is 5.91 Å². The van der Waals surface area contributed by atoms with Crippen LogP contribution in [0.25, 0.3) is 5.57 Å². The standard InChI is InChI=1S/C24H27NO3/c1-28-24(27)17-23(26)25(21-15-9-4-10-16-21)18-22(19-11-5-2-6-12-19)20-13-7-3-8-14-20/h2-3,5-8,11-14,18,21H,4,9-10,15-17H2,1H3. The van der Waals surface area contributed by atoms with Crippen molar-refractivity contribution < 1.29 is 14.3 Å². The largest absolute Gasteiger partial charge is 0.469 e. The van der Waals surface area contributed by atoms with Gasteiger partial charge >= 0.3 is 5.97 Å². The van der Waals surface area contributed by atoms with Gasteiger partial charge in [0.25, 0.3) is 0 Å². The number of rotatable bonds is 6. The Morgan fingerprint density at radius 3 is 1.96 bits per heavy atom. The lowest BCUT2D eigenvalue weighted by Crippen LogP contribution is -2.38. The van der Waals surface area contributed by atoms with E-state index in [1.807, 2.05) is 66.9 Å². The summed E-state index contributed by atoms with van der Waals surface area (Å²) in [6, 6.07) is 20.2. The average molecular weight is 377 g/mol. The van der Waals surface area contributed by atoms with Crippen LogP contribution in [0.5, 0.6) is 0 Å². The number of amides is 1. The van der Waals surface area contributed by atoms with Gasteiger partial charge in [-0.05, 0) is 24.0 Å². The monoisotopic (exact) mass is 377 g/mol. The molecule has 0 N–H and O–H groups in total. The molecule has 0 aliphatic heterocycles. The zero-order valence-electron chi connectivity index (χ0n) is 16.3. The van der Waals surface area contributed by atoms with Crippen LogP contribution in [0.1, 0.15) is 49.7 Å². The highest BCUT2D eigenvalue weighted by Gasteiger charge is 2.26. The fraction of sp³-hybridized carbons (Fsp3) is 0.333. The third-order valence-corrected chi connectivity index (χ3v) is 5.22. The minimum Gasteiger partial charge on any atom is -0.469 e. The van der Waals surface area contributed by atoms with E-state index in [1.165, 1.54) is 13.5 Å². The summed E-state index contributed by atoms with van der Waals surface area (Å²) in [6.07, 6.45) is 7.02. The van der Waals surface area contributed by atoms with Crippen molar-refractivity contribution in [1.82, 2.24) is 4.90 Å². The van der Waals surface area contributed by atoms with E-state index in [4.69, 9.17) is 4.74 Å². The van der Waals surface area contributed by atoms with Gasteiger partial charge in [0.15, 0.2) is 0 Å². The van der Waals surface area contributed by atoms with Crippen LogP contribution < -0.4 is 0 Å². The number of carbonyl (C=O) groups is 2. The molecule has 1 aliphatic carbocycles. The van der Waals surface area contributed by atoms with Crippen molar-refractivity contribution in [3.05, 3.63) is 78.0 Å². The molecule has 0 unspecified atom stereocenters. The summed E-state index contributed by atoms with van der Waals surface area (Å²) < 4.78 is 4.73. The summed E-state index contributed by atoms with van der Waals surface area (Å²) >= 11 is 0. The number of hydrogen-bond acceptors (Lipinski definition) is 3. The van der Waals surface area contributed by atoms with E-state index in [-0.39, 0.29) is 18.4 Å². The van der Waals surface area contributed by atoms with Gasteiger partial charge < -0.3 is 9.64 Å². The molecule has 2 aromatic rings. The maximum Gasteiger partial charge on any atom is 0.315 e. The predicted octanol–water partition coefficient (Wildman–Crippen LogP) is 4.80. The van der Waals surface area contributed by atoms with Gasteiger partial charge in [0.05, 0.1) is 7.11 Å². The number of esters is 1. The van der Waals surface area contributed by atoms with Crippen molar-refractivity contribution >= 4 is 17.4 Å². The minimum atomic E-state index is -0.500. The third-order valence-electron chi connectivity index (χ3n) is 5.22. The maximum absolute atomic E-state index is 13.0. The number of methoxy groups -OCH3 is 1. The number of nitrogens with zero attached hydrogens (tertiary/aromatic N) is 1. The molecule has 0 spiro atoms. The molecule has 1 fully saturated rings. The van der Waals surface area contributed by atoms with E-state index in [1.54, 1.807) is 4.90 Å². The number of carbonyl (C=O) groups excluding carboxylic acids is 2. The Hall–Kier alpha value is -2.88. The molecule has 28 heavy (non-hydrogen) atoms. The molecule has 0 atom stereocenters. The molecule has 0 radical (unpaired) electrons. The summed E-state index contributed by atoms with van der Waals surface area (Å²) in [5.41, 5.74) is 3.06. The van der Waals surface area contributed by atoms with Gasteiger partial charge in [-0.2, -0.15) is 0 Å². The summed E-state index contributed by atoms with van der Waals surface area (Å²) in [5.74, 6) is -0.705. The van der Waals surface area contributed by atoms with E-state index in [9.17, 15) is 9.59 Å². The van der Waals surface area contributed by atoms with Crippen molar-refractivity contribution in [1.29, 1.82) is 0 Å². The van der Waals surface area contributed by atoms with Gasteiger partial charge in [-0.1, -0.05) is 79.9 Å². The molecular formula is C24H27NO3. The Kier molecular flexibility index (Phi) is 7.01. The summed E-state index contributed by atoms with van der Waals surface area (Å²) in [7, 11) is 1.32. The Bertz CT molecular complexity index is 767. The molecule has 0 heterocycles. The van der Waals surface area contributed by atoms with E-state index >= 15 is 0 Å². The fourth-order valence-corrected chi connectivity index (χ4v) is 3.72. The summed E-state index contributed by atoms with van der Waals surface area (Å²) in [5, 5.41) is 0. The van der Waals surface area contributed by atoms with Gasteiger partial charge in [0, 0.05) is 17.8 Å². The number of ether oxygens (including phenoxy) is 1. The summed E-state index contributed by atoms with van der Waals surface area (Å²) in [4.78, 5) is 26.5. The molecule has 0 bridgehead atoms. The average Bonchev–Trinajstić information content (AvgIpc) is 2.76. The van der Waals surface area contributed by atoms with Crippen molar-refractivity contribution in [2.24, 2.45) is 0 Å². The second-order valence-electron chi connectivity index (χ2n) is 7.12. The molecule has 4 heteroatoms. The lowest BCUT2D eigenvalue weighted by atomic mass is 9.93. The molecule has 4 nitrogen and oxygen atoms in total. The van der Waals surface area contributed by atoms with Crippen LogP contribution in [0.4, 0.5) is 0 Å². The zero-order valence-corrected chi connectivity index (χ0v) is 16.3. The lowest BCUT2D eigenvalue weighted by molar-refractivity contribution is -0.146. The minimum absolute atomic E-state index is 0.119. The Morgan fingerprint density at radius 1 is 0.929 bits per heavy atom. The fourth-order valence-electron chi connectivity index (χ4n) is 3.72. The van der Waals surface area contributed by atoms with Crippen LogP contribution >= 0.6 is 0 Å². The van der Waals surface area contributed by atoms with Crippen LogP contribution in [-0.4, -0.2) is 29.9 Å². The van der Waals surface area contributed by atoms with E-state index in [0.717, 1.165) is 42.4 Å². The molecule has 1 saturated carbocycles.